The van der Waals surface area contributed by atoms with Gasteiger partial charge in [0, 0.05) is 13.1 Å². The van der Waals surface area contributed by atoms with Gasteiger partial charge in [-0.25, -0.2) is 0 Å². The van der Waals surface area contributed by atoms with E-state index in [0.717, 1.165) is 0 Å². The van der Waals surface area contributed by atoms with Gasteiger partial charge in [-0.1, -0.05) is 23.2 Å². The van der Waals surface area contributed by atoms with Crippen molar-refractivity contribution in [3.05, 3.63) is 40.1 Å². The summed E-state index contributed by atoms with van der Waals surface area (Å²) in [5.74, 6) is 0.368. The first-order valence-electron chi connectivity index (χ1n) is 6.20. The van der Waals surface area contributed by atoms with Gasteiger partial charge in [-0.05, 0) is 19.1 Å². The van der Waals surface area contributed by atoms with E-state index < -0.39 is 0 Å². The summed E-state index contributed by atoms with van der Waals surface area (Å²) in [5, 5.41) is 10.7. The predicted octanol–water partition coefficient (Wildman–Crippen LogP) is 2.65. The second kappa shape index (κ2) is 6.78. The van der Waals surface area contributed by atoms with Crippen LogP contribution >= 0.6 is 23.2 Å². The first-order valence-corrected chi connectivity index (χ1v) is 6.96. The van der Waals surface area contributed by atoms with E-state index in [1.54, 1.807) is 25.2 Å². The van der Waals surface area contributed by atoms with Gasteiger partial charge >= 0.3 is 0 Å². The van der Waals surface area contributed by atoms with Crippen LogP contribution in [0.3, 0.4) is 0 Å². The van der Waals surface area contributed by atoms with Crippen LogP contribution in [0.25, 0.3) is 0 Å². The number of H-pyrrole nitrogens is 1. The van der Waals surface area contributed by atoms with Gasteiger partial charge in [-0.3, -0.25) is 4.79 Å². The largest absolute Gasteiger partial charge is 0.489 e. The molecule has 2 aromatic rings. The third-order valence-corrected chi connectivity index (χ3v) is 3.48. The minimum absolute atomic E-state index is 0.219. The highest BCUT2D eigenvalue weighted by atomic mass is 35.5. The van der Waals surface area contributed by atoms with E-state index in [0.29, 0.717) is 22.3 Å². The number of rotatable bonds is 5. The van der Waals surface area contributed by atoms with Crippen LogP contribution in [0.4, 0.5) is 0 Å². The lowest BCUT2D eigenvalue weighted by molar-refractivity contribution is 0.0721. The van der Waals surface area contributed by atoms with Crippen molar-refractivity contribution in [1.29, 1.82) is 0 Å². The van der Waals surface area contributed by atoms with Gasteiger partial charge in [-0.15, -0.1) is 0 Å². The number of halogens is 2. The average molecular weight is 329 g/mol. The molecule has 0 fully saturated rings. The zero-order valence-corrected chi connectivity index (χ0v) is 13.0. The van der Waals surface area contributed by atoms with Crippen LogP contribution in [0.5, 0.6) is 5.75 Å². The summed E-state index contributed by atoms with van der Waals surface area (Å²) in [6.45, 7) is 2.25. The Balaban J connectivity index is 1.93. The van der Waals surface area contributed by atoms with Crippen molar-refractivity contribution in [2.24, 2.45) is 0 Å². The zero-order chi connectivity index (χ0) is 15.4. The molecule has 0 saturated heterocycles. The number of hydrogen-bond acceptors (Lipinski definition) is 4. The monoisotopic (exact) mass is 328 g/mol. The van der Waals surface area contributed by atoms with Gasteiger partial charge in [0.2, 0.25) is 0 Å². The Hall–Kier alpha value is -1.79. The summed E-state index contributed by atoms with van der Waals surface area (Å²) in [5.41, 5.74) is 0.263. The normalized spacial score (nSPS) is 12.0. The molecule has 0 aliphatic rings. The fourth-order valence-electron chi connectivity index (χ4n) is 1.79. The number of hydrogen-bond donors (Lipinski definition) is 1. The smallest absolute Gasteiger partial charge is 0.275 e. The predicted molar refractivity (Wildman–Crippen MR) is 79.9 cm³/mol. The molecule has 0 spiro atoms. The van der Waals surface area contributed by atoms with E-state index in [9.17, 15) is 4.79 Å². The highest BCUT2D eigenvalue weighted by Gasteiger charge is 2.17. The Labute approximate surface area is 132 Å². The fraction of sp³-hybridized carbons (Fsp3) is 0.308. The zero-order valence-electron chi connectivity index (χ0n) is 11.5. The number of carbonyl (C=O) groups is 1. The van der Waals surface area contributed by atoms with Crippen LogP contribution in [0.15, 0.2) is 24.4 Å². The lowest BCUT2D eigenvalue weighted by Gasteiger charge is -2.21. The molecule has 21 heavy (non-hydrogen) atoms. The molecule has 1 N–H and O–H groups in total. The van der Waals surface area contributed by atoms with Crippen LogP contribution in [-0.4, -0.2) is 45.9 Å². The molecular weight excluding hydrogens is 315 g/mol. The van der Waals surface area contributed by atoms with Crippen molar-refractivity contribution in [2.75, 3.05) is 13.6 Å². The third-order valence-electron chi connectivity index (χ3n) is 2.74. The van der Waals surface area contributed by atoms with Crippen molar-refractivity contribution in [3.8, 4) is 5.75 Å². The maximum absolute atomic E-state index is 12.0. The van der Waals surface area contributed by atoms with E-state index >= 15 is 0 Å². The lowest BCUT2D eigenvalue weighted by Crippen LogP contribution is -2.35. The Morgan fingerprint density at radius 1 is 1.43 bits per heavy atom. The molecule has 1 aromatic carbocycles. The second-order valence-electron chi connectivity index (χ2n) is 4.55. The topological polar surface area (TPSA) is 71.1 Å². The number of nitrogens with one attached hydrogen (secondary N) is 1. The molecular formula is C13H14Cl2N4O2. The van der Waals surface area contributed by atoms with Crippen LogP contribution < -0.4 is 4.74 Å². The van der Waals surface area contributed by atoms with Crippen LogP contribution in [0.1, 0.15) is 17.4 Å². The SMILES string of the molecule is CC(CN(C)C(=O)c1cn[nH]n1)Oc1ccc(Cl)c(Cl)c1. The standard InChI is InChI=1S/C13H14Cl2N4O2/c1-8(21-9-3-4-10(14)11(15)5-9)7-19(2)13(20)12-6-16-18-17-12/h3-6,8H,7H2,1-2H3,(H,16,17,18). The Morgan fingerprint density at radius 2 is 2.19 bits per heavy atom. The Morgan fingerprint density at radius 3 is 2.81 bits per heavy atom. The number of aromatic amines is 1. The molecule has 1 atom stereocenters. The van der Waals surface area contributed by atoms with Crippen molar-refractivity contribution in [2.45, 2.75) is 13.0 Å². The molecule has 0 bridgehead atoms. The first kappa shape index (κ1) is 15.6. The van der Waals surface area contributed by atoms with Gasteiger partial charge in [0.25, 0.3) is 5.91 Å². The van der Waals surface area contributed by atoms with Crippen LogP contribution in [0.2, 0.25) is 10.0 Å². The van der Waals surface area contributed by atoms with Crippen molar-refractivity contribution < 1.29 is 9.53 Å². The molecule has 8 heteroatoms. The van der Waals surface area contributed by atoms with Gasteiger partial charge in [0.15, 0.2) is 5.69 Å². The Kier molecular flexibility index (Phi) is 5.03. The van der Waals surface area contributed by atoms with Crippen molar-refractivity contribution in [1.82, 2.24) is 20.3 Å². The van der Waals surface area contributed by atoms with Crippen LogP contribution in [-0.2, 0) is 0 Å². The molecule has 0 saturated carbocycles. The minimum Gasteiger partial charge on any atom is -0.489 e. The summed E-state index contributed by atoms with van der Waals surface area (Å²) in [6, 6.07) is 5.03. The molecule has 2 rings (SSSR count). The van der Waals surface area contributed by atoms with E-state index in [1.165, 1.54) is 11.1 Å². The molecule has 0 radical (unpaired) electrons. The fourth-order valence-corrected chi connectivity index (χ4v) is 2.08. The van der Waals surface area contributed by atoms with Gasteiger partial charge in [0.05, 0.1) is 22.8 Å². The number of aromatic nitrogens is 3. The molecule has 1 unspecified atom stereocenters. The van der Waals surface area contributed by atoms with E-state index in [4.69, 9.17) is 27.9 Å². The van der Waals surface area contributed by atoms with E-state index in [1.807, 2.05) is 6.92 Å². The summed E-state index contributed by atoms with van der Waals surface area (Å²) in [4.78, 5) is 13.5. The lowest BCUT2D eigenvalue weighted by atomic mass is 10.3. The first-order chi connectivity index (χ1) is 9.97. The van der Waals surface area contributed by atoms with Crippen molar-refractivity contribution in [3.63, 3.8) is 0 Å². The van der Waals surface area contributed by atoms with Gasteiger partial charge < -0.3 is 9.64 Å². The highest BCUT2D eigenvalue weighted by Crippen LogP contribution is 2.26. The molecule has 6 nitrogen and oxygen atoms in total. The molecule has 0 aliphatic carbocycles. The molecule has 1 aromatic heterocycles. The number of likely N-dealkylation sites (N-methyl/N-ethyl adjacent to an activating group) is 1. The second-order valence-corrected chi connectivity index (χ2v) is 5.36. The molecule has 112 valence electrons. The van der Waals surface area contributed by atoms with Crippen LogP contribution in [0, 0.1) is 0 Å². The average Bonchev–Trinajstić information content (AvgIpc) is 2.96. The summed E-state index contributed by atoms with van der Waals surface area (Å²) < 4.78 is 5.71. The Bertz CT molecular complexity index is 619. The number of ether oxygens (including phenoxy) is 1. The highest BCUT2D eigenvalue weighted by molar-refractivity contribution is 6.42. The number of carbonyl (C=O) groups excluding carboxylic acids is 1. The maximum atomic E-state index is 12.0. The van der Waals surface area contributed by atoms with E-state index in [2.05, 4.69) is 15.4 Å². The van der Waals surface area contributed by atoms with Gasteiger partial charge in [-0.2, -0.15) is 15.4 Å². The summed E-state index contributed by atoms with van der Waals surface area (Å²) >= 11 is 11.8. The van der Waals surface area contributed by atoms with E-state index in [-0.39, 0.29) is 17.7 Å². The maximum Gasteiger partial charge on any atom is 0.275 e. The summed E-state index contributed by atoms with van der Waals surface area (Å²) in [6.07, 6.45) is 1.16. The summed E-state index contributed by atoms with van der Waals surface area (Å²) in [7, 11) is 1.67. The van der Waals surface area contributed by atoms with Crippen molar-refractivity contribution >= 4 is 29.1 Å². The van der Waals surface area contributed by atoms with Gasteiger partial charge in [0.1, 0.15) is 11.9 Å². The number of benzene rings is 1. The number of amides is 1. The molecule has 1 amide bonds. The molecule has 1 heterocycles. The quantitative estimate of drug-likeness (QED) is 0.915. The third kappa shape index (κ3) is 4.09. The molecule has 0 aliphatic heterocycles. The number of nitrogens with zero attached hydrogens (tertiary/aromatic N) is 3. The minimum atomic E-state index is -0.228.